The van der Waals surface area contributed by atoms with E-state index in [-0.39, 0.29) is 6.10 Å². The first-order chi connectivity index (χ1) is 5.75. The molecule has 4 fully saturated rings. The van der Waals surface area contributed by atoms with Gasteiger partial charge in [-0.3, -0.25) is 4.90 Å². The maximum atomic E-state index is 9.67. The highest BCUT2D eigenvalue weighted by Crippen LogP contribution is 2.50. The summed E-state index contributed by atoms with van der Waals surface area (Å²) >= 11 is 0. The van der Waals surface area contributed by atoms with E-state index in [4.69, 9.17) is 0 Å². The van der Waals surface area contributed by atoms with Crippen LogP contribution < -0.4 is 0 Å². The van der Waals surface area contributed by atoms with Crippen LogP contribution in [-0.4, -0.2) is 35.2 Å². The van der Waals surface area contributed by atoms with Crippen LogP contribution in [0.2, 0.25) is 0 Å². The van der Waals surface area contributed by atoms with E-state index in [1.165, 1.54) is 25.9 Å². The first kappa shape index (κ1) is 7.34. The number of hydrogen-bond donors (Lipinski definition) is 1. The fourth-order valence-electron chi connectivity index (χ4n) is 3.95. The van der Waals surface area contributed by atoms with Crippen molar-refractivity contribution in [1.29, 1.82) is 0 Å². The van der Waals surface area contributed by atoms with Crippen LogP contribution in [-0.2, 0) is 0 Å². The lowest BCUT2D eigenvalue weighted by Crippen LogP contribution is -2.40. The third kappa shape index (κ3) is 0.775. The molecule has 0 aromatic heterocycles. The Bertz CT molecular complexity index is 174. The van der Waals surface area contributed by atoms with Gasteiger partial charge in [-0.15, -0.1) is 0 Å². The molecule has 0 amide bonds. The summed E-state index contributed by atoms with van der Waals surface area (Å²) in [5.74, 6) is 2.27. The van der Waals surface area contributed by atoms with Crippen molar-refractivity contribution in [3.8, 4) is 0 Å². The van der Waals surface area contributed by atoms with E-state index in [9.17, 15) is 5.11 Å². The number of piperidine rings is 1. The first-order valence-corrected chi connectivity index (χ1v) is 5.18. The zero-order chi connectivity index (χ0) is 8.29. The second kappa shape index (κ2) is 2.24. The van der Waals surface area contributed by atoms with E-state index >= 15 is 0 Å². The molecule has 2 heteroatoms. The summed E-state index contributed by atoms with van der Waals surface area (Å²) in [6.07, 6.45) is 2.67. The van der Waals surface area contributed by atoms with Crippen molar-refractivity contribution in [2.24, 2.45) is 17.8 Å². The molecule has 4 bridgehead atoms. The number of hydrogen-bond acceptors (Lipinski definition) is 2. The highest BCUT2D eigenvalue weighted by molar-refractivity contribution is 5.05. The maximum absolute atomic E-state index is 9.67. The highest BCUT2D eigenvalue weighted by atomic mass is 16.3. The Balaban J connectivity index is 1.88. The van der Waals surface area contributed by atoms with E-state index in [0.717, 1.165) is 17.9 Å². The summed E-state index contributed by atoms with van der Waals surface area (Å²) < 4.78 is 0. The summed E-state index contributed by atoms with van der Waals surface area (Å²) in [5.41, 5.74) is 0. The maximum Gasteiger partial charge on any atom is 0.0546 e. The van der Waals surface area contributed by atoms with Gasteiger partial charge in [-0.1, -0.05) is 0 Å². The molecule has 4 rings (SSSR count). The molecule has 3 heterocycles. The second-order valence-electron chi connectivity index (χ2n) is 4.92. The van der Waals surface area contributed by atoms with Crippen LogP contribution in [0.5, 0.6) is 0 Å². The monoisotopic (exact) mass is 167 g/mol. The average molecular weight is 167 g/mol. The lowest BCUT2D eigenvalue weighted by molar-refractivity contribution is 0.0277. The molecule has 2 nitrogen and oxygen atoms in total. The molecule has 3 aliphatic heterocycles. The molecule has 3 unspecified atom stereocenters. The van der Waals surface area contributed by atoms with Gasteiger partial charge in [0.25, 0.3) is 0 Å². The Morgan fingerprint density at radius 3 is 2.25 bits per heavy atom. The van der Waals surface area contributed by atoms with Gasteiger partial charge in [0.1, 0.15) is 0 Å². The number of aliphatic hydroxyl groups excluding tert-OH is 1. The lowest BCUT2D eigenvalue weighted by atomic mass is 9.71. The van der Waals surface area contributed by atoms with Gasteiger partial charge in [0, 0.05) is 19.1 Å². The van der Waals surface area contributed by atoms with E-state index < -0.39 is 0 Å². The molecular weight excluding hydrogens is 150 g/mol. The van der Waals surface area contributed by atoms with Crippen LogP contribution in [0.15, 0.2) is 0 Å². The molecule has 0 spiro atoms. The second-order valence-corrected chi connectivity index (χ2v) is 4.92. The Kier molecular flexibility index (Phi) is 1.37. The molecule has 1 saturated carbocycles. The van der Waals surface area contributed by atoms with E-state index in [0.29, 0.717) is 5.92 Å². The standard InChI is InChI=1S/C10H17NO/c1-6(12)10-7-2-9-3-8(10)5-11(9)4-7/h6-10,12H,2-5H2,1H3. The molecule has 3 atom stereocenters. The zero-order valence-electron chi connectivity index (χ0n) is 7.61. The average Bonchev–Trinajstić information content (AvgIpc) is 2.41. The van der Waals surface area contributed by atoms with Crippen LogP contribution in [0.3, 0.4) is 0 Å². The van der Waals surface area contributed by atoms with Crippen molar-refractivity contribution in [1.82, 2.24) is 4.90 Å². The van der Waals surface area contributed by atoms with Gasteiger partial charge in [0.05, 0.1) is 6.10 Å². The Morgan fingerprint density at radius 2 is 1.83 bits per heavy atom. The molecule has 68 valence electrons. The van der Waals surface area contributed by atoms with Gasteiger partial charge in [-0.25, -0.2) is 0 Å². The van der Waals surface area contributed by atoms with E-state index in [1.807, 2.05) is 6.92 Å². The molecule has 0 aromatic carbocycles. The van der Waals surface area contributed by atoms with Gasteiger partial charge in [-0.2, -0.15) is 0 Å². The summed E-state index contributed by atoms with van der Waals surface area (Å²) in [5, 5.41) is 9.67. The third-order valence-electron chi connectivity index (χ3n) is 4.25. The van der Waals surface area contributed by atoms with Gasteiger partial charge in [-0.05, 0) is 37.5 Å². The van der Waals surface area contributed by atoms with Crippen molar-refractivity contribution in [3.05, 3.63) is 0 Å². The van der Waals surface area contributed by atoms with E-state index in [2.05, 4.69) is 4.90 Å². The topological polar surface area (TPSA) is 23.5 Å². The van der Waals surface area contributed by atoms with Crippen LogP contribution in [0.4, 0.5) is 0 Å². The van der Waals surface area contributed by atoms with E-state index in [1.54, 1.807) is 0 Å². The highest BCUT2D eigenvalue weighted by Gasteiger charge is 2.52. The fraction of sp³-hybridized carbons (Fsp3) is 1.00. The third-order valence-corrected chi connectivity index (χ3v) is 4.25. The fourth-order valence-corrected chi connectivity index (χ4v) is 3.95. The number of aliphatic hydroxyl groups is 1. The van der Waals surface area contributed by atoms with Crippen molar-refractivity contribution in [3.63, 3.8) is 0 Å². The summed E-state index contributed by atoms with van der Waals surface area (Å²) in [7, 11) is 0. The number of rotatable bonds is 1. The summed E-state index contributed by atoms with van der Waals surface area (Å²) in [6, 6.07) is 0.898. The first-order valence-electron chi connectivity index (χ1n) is 5.18. The van der Waals surface area contributed by atoms with Crippen LogP contribution >= 0.6 is 0 Å². The summed E-state index contributed by atoms with van der Waals surface area (Å²) in [4.78, 5) is 2.63. The predicted molar refractivity (Wildman–Crippen MR) is 46.7 cm³/mol. The smallest absolute Gasteiger partial charge is 0.0546 e. The van der Waals surface area contributed by atoms with Gasteiger partial charge in [0.15, 0.2) is 0 Å². The zero-order valence-corrected chi connectivity index (χ0v) is 7.61. The largest absolute Gasteiger partial charge is 0.393 e. The molecule has 4 aliphatic rings. The molecule has 12 heavy (non-hydrogen) atoms. The molecule has 0 radical (unpaired) electrons. The van der Waals surface area contributed by atoms with Crippen molar-refractivity contribution >= 4 is 0 Å². The Labute approximate surface area is 73.6 Å². The minimum Gasteiger partial charge on any atom is -0.393 e. The molecule has 0 aromatic rings. The molecule has 1 N–H and O–H groups in total. The molecule has 3 saturated heterocycles. The normalized spacial score (nSPS) is 58.0. The lowest BCUT2D eigenvalue weighted by Gasteiger charge is -2.37. The van der Waals surface area contributed by atoms with Crippen LogP contribution in [0.1, 0.15) is 19.8 Å². The van der Waals surface area contributed by atoms with Crippen molar-refractivity contribution in [2.45, 2.75) is 31.9 Å². The van der Waals surface area contributed by atoms with Gasteiger partial charge in [0.2, 0.25) is 0 Å². The van der Waals surface area contributed by atoms with Crippen LogP contribution in [0, 0.1) is 17.8 Å². The van der Waals surface area contributed by atoms with Crippen molar-refractivity contribution in [2.75, 3.05) is 13.1 Å². The molecule has 1 aliphatic carbocycles. The molecular formula is C10H17NO. The number of nitrogens with zero attached hydrogens (tertiary/aromatic N) is 1. The predicted octanol–water partition coefficient (Wildman–Crippen LogP) is 0.707. The van der Waals surface area contributed by atoms with Crippen molar-refractivity contribution < 1.29 is 5.11 Å². The minimum absolute atomic E-state index is 0.0683. The quantitative estimate of drug-likeness (QED) is 0.621. The Hall–Kier alpha value is -0.0800. The summed E-state index contributed by atoms with van der Waals surface area (Å²) in [6.45, 7) is 4.53. The minimum atomic E-state index is -0.0683. The van der Waals surface area contributed by atoms with Crippen LogP contribution in [0.25, 0.3) is 0 Å². The Morgan fingerprint density at radius 1 is 1.25 bits per heavy atom. The van der Waals surface area contributed by atoms with Gasteiger partial charge < -0.3 is 5.11 Å². The van der Waals surface area contributed by atoms with Gasteiger partial charge >= 0.3 is 0 Å². The SMILES string of the molecule is CC(O)C1C2CC3CC1CN3C2.